The van der Waals surface area contributed by atoms with Crippen molar-refractivity contribution in [3.63, 3.8) is 0 Å². The zero-order chi connectivity index (χ0) is 17.3. The van der Waals surface area contributed by atoms with Crippen LogP contribution in [0, 0.1) is 10.9 Å². The third-order valence-corrected chi connectivity index (χ3v) is 5.86. The van der Waals surface area contributed by atoms with Gasteiger partial charge in [0.25, 0.3) is 0 Å². The molecule has 2 saturated heterocycles. The summed E-state index contributed by atoms with van der Waals surface area (Å²) in [6.45, 7) is 6.07. The van der Waals surface area contributed by atoms with Crippen LogP contribution in [0.1, 0.15) is 18.4 Å². The van der Waals surface area contributed by atoms with E-state index in [9.17, 15) is 0 Å². The Morgan fingerprint density at radius 2 is 2.04 bits per heavy atom. The molecule has 8 heteroatoms. The van der Waals surface area contributed by atoms with Crippen LogP contribution in [0.2, 0.25) is 0 Å². The fourth-order valence-electron chi connectivity index (χ4n) is 3.30. The molecule has 4 rings (SSSR count). The molecule has 1 spiro atoms. The number of benzene rings is 1. The normalized spacial score (nSPS) is 20.2. The summed E-state index contributed by atoms with van der Waals surface area (Å²) in [4.78, 5) is 2.35. The number of piperidine rings is 1. The Bertz CT molecular complexity index is 788. The summed E-state index contributed by atoms with van der Waals surface area (Å²) in [6.07, 6.45) is 1.80. The summed E-state index contributed by atoms with van der Waals surface area (Å²) in [6, 6.07) is 8.24. The molecule has 0 amide bonds. The number of nitrogens with one attached hydrogen (secondary N) is 1. The third-order valence-electron chi connectivity index (χ3n) is 4.64. The van der Waals surface area contributed by atoms with Gasteiger partial charge in [-0.2, -0.15) is 0 Å². The summed E-state index contributed by atoms with van der Waals surface area (Å²) < 4.78 is 14.2. The van der Waals surface area contributed by atoms with Gasteiger partial charge in [0, 0.05) is 31.6 Å². The Morgan fingerprint density at radius 3 is 2.76 bits per heavy atom. The maximum absolute atomic E-state index is 5.78. The molecule has 2 aliphatic rings. The number of anilines is 2. The van der Waals surface area contributed by atoms with E-state index in [1.807, 2.05) is 16.8 Å². The van der Waals surface area contributed by atoms with Crippen molar-refractivity contribution in [1.29, 1.82) is 0 Å². The molecule has 1 N–H and O–H groups in total. The number of likely N-dealkylation sites (tertiary alicyclic amines) is 1. The molecule has 0 atom stereocenters. The van der Waals surface area contributed by atoms with Crippen molar-refractivity contribution >= 4 is 34.4 Å². The summed E-state index contributed by atoms with van der Waals surface area (Å²) in [7, 11) is 0. The van der Waals surface area contributed by atoms with Crippen LogP contribution in [0.3, 0.4) is 0 Å². The fourth-order valence-corrected chi connectivity index (χ4v) is 4.32. The minimum absolute atomic E-state index is 0.335. The molecular formula is C17H22N4O2S2. The number of aromatic nitrogens is 2. The lowest BCUT2D eigenvalue weighted by atomic mass is 10.0. The Morgan fingerprint density at radius 1 is 1.28 bits per heavy atom. The molecule has 2 aliphatic heterocycles. The first-order chi connectivity index (χ1) is 12.1. The number of nitrogens with zero attached hydrogens (tertiary/aromatic N) is 3. The van der Waals surface area contributed by atoms with Crippen molar-refractivity contribution in [3.8, 4) is 0 Å². The van der Waals surface area contributed by atoms with E-state index < -0.39 is 0 Å². The smallest absolute Gasteiger partial charge is 0.209 e. The van der Waals surface area contributed by atoms with Crippen LogP contribution in [0.5, 0.6) is 0 Å². The van der Waals surface area contributed by atoms with Crippen molar-refractivity contribution in [3.05, 3.63) is 33.8 Å². The first kappa shape index (κ1) is 17.1. The maximum Gasteiger partial charge on any atom is 0.209 e. The highest BCUT2D eigenvalue weighted by atomic mass is 32.1. The monoisotopic (exact) mass is 378 g/mol. The Hall–Kier alpha value is -1.32. The zero-order valence-corrected chi connectivity index (χ0v) is 15.9. The second-order valence-electron chi connectivity index (χ2n) is 6.53. The van der Waals surface area contributed by atoms with Crippen LogP contribution in [-0.4, -0.2) is 46.8 Å². The van der Waals surface area contributed by atoms with Gasteiger partial charge in [0.05, 0.1) is 19.9 Å². The highest BCUT2D eigenvalue weighted by molar-refractivity contribution is 7.73. The summed E-state index contributed by atoms with van der Waals surface area (Å²) >= 11 is 6.99. The summed E-state index contributed by atoms with van der Waals surface area (Å²) in [5, 5.41) is 8.80. The molecule has 0 aliphatic carbocycles. The van der Waals surface area contributed by atoms with Crippen LogP contribution in [-0.2, 0) is 16.1 Å². The first-order valence-electron chi connectivity index (χ1n) is 8.54. The predicted octanol–water partition coefficient (Wildman–Crippen LogP) is 3.52. The van der Waals surface area contributed by atoms with E-state index >= 15 is 0 Å². The molecule has 1 aromatic heterocycles. The molecule has 0 unspecified atom stereocenters. The Labute approximate surface area is 156 Å². The number of hydrogen-bond acceptors (Lipinski definition) is 7. The number of rotatable bonds is 4. The lowest BCUT2D eigenvalue weighted by Gasteiger charge is -2.37. The molecule has 6 nitrogen and oxygen atoms in total. The lowest BCUT2D eigenvalue weighted by molar-refractivity contribution is -0.187. The van der Waals surface area contributed by atoms with Crippen molar-refractivity contribution in [1.82, 2.24) is 14.7 Å². The van der Waals surface area contributed by atoms with Gasteiger partial charge in [0.2, 0.25) is 5.13 Å². The highest BCUT2D eigenvalue weighted by Gasteiger charge is 2.39. The molecular weight excluding hydrogens is 356 g/mol. The van der Waals surface area contributed by atoms with E-state index in [4.69, 9.17) is 21.7 Å². The Balaban J connectivity index is 1.38. The first-order valence-corrected chi connectivity index (χ1v) is 9.76. The van der Waals surface area contributed by atoms with Crippen molar-refractivity contribution in [2.24, 2.45) is 0 Å². The minimum Gasteiger partial charge on any atom is -0.347 e. The lowest BCUT2D eigenvalue weighted by Crippen LogP contribution is -2.45. The standard InChI is InChI=1S/C17H22N4O2S2/c1-13-3-2-4-14(11-13)18-15-19-21(16(24)25-15)12-20-7-5-17(6-8-20)22-9-10-23-17/h2-4,11H,5-10,12H2,1H3,(H,18,19). The van der Waals surface area contributed by atoms with Gasteiger partial charge in [0.15, 0.2) is 9.74 Å². The minimum atomic E-state index is -0.335. The van der Waals surface area contributed by atoms with Crippen LogP contribution < -0.4 is 5.32 Å². The SMILES string of the molecule is Cc1cccc(Nc2nn(CN3CCC4(CC3)OCCO4)c(=S)s2)c1. The average Bonchev–Trinajstić information content (AvgIpc) is 3.17. The van der Waals surface area contributed by atoms with Gasteiger partial charge in [-0.05, 0) is 36.8 Å². The van der Waals surface area contributed by atoms with Gasteiger partial charge < -0.3 is 14.8 Å². The van der Waals surface area contributed by atoms with Gasteiger partial charge in [-0.25, -0.2) is 4.68 Å². The zero-order valence-electron chi connectivity index (χ0n) is 14.2. The topological polar surface area (TPSA) is 51.6 Å². The predicted molar refractivity (Wildman–Crippen MR) is 101 cm³/mol. The summed E-state index contributed by atoms with van der Waals surface area (Å²) in [5.74, 6) is -0.335. The molecule has 0 saturated carbocycles. The van der Waals surface area contributed by atoms with E-state index in [2.05, 4.69) is 34.4 Å². The molecule has 134 valence electrons. The van der Waals surface area contributed by atoms with Gasteiger partial charge in [-0.1, -0.05) is 23.5 Å². The van der Waals surface area contributed by atoms with Gasteiger partial charge in [0.1, 0.15) is 0 Å². The van der Waals surface area contributed by atoms with Crippen molar-refractivity contribution in [2.75, 3.05) is 31.6 Å². The second-order valence-corrected chi connectivity index (χ2v) is 8.16. The number of ether oxygens (including phenoxy) is 2. The molecule has 2 aromatic rings. The Kier molecular flexibility index (Phi) is 4.88. The van der Waals surface area contributed by atoms with Crippen LogP contribution in [0.25, 0.3) is 0 Å². The third kappa shape index (κ3) is 3.93. The van der Waals surface area contributed by atoms with E-state index in [0.717, 1.165) is 40.7 Å². The fraction of sp³-hybridized carbons (Fsp3) is 0.529. The van der Waals surface area contributed by atoms with Crippen molar-refractivity contribution < 1.29 is 9.47 Å². The van der Waals surface area contributed by atoms with Crippen molar-refractivity contribution in [2.45, 2.75) is 32.2 Å². The number of aryl methyl sites for hydroxylation is 1. The van der Waals surface area contributed by atoms with E-state index in [0.29, 0.717) is 19.9 Å². The average molecular weight is 379 g/mol. The summed E-state index contributed by atoms with van der Waals surface area (Å²) in [5.41, 5.74) is 2.25. The molecule has 3 heterocycles. The van der Waals surface area contributed by atoms with Gasteiger partial charge in [-0.15, -0.1) is 5.10 Å². The molecule has 25 heavy (non-hydrogen) atoms. The maximum atomic E-state index is 5.78. The number of hydrogen-bond donors (Lipinski definition) is 1. The molecule has 1 aromatic carbocycles. The highest BCUT2D eigenvalue weighted by Crippen LogP contribution is 2.31. The van der Waals surface area contributed by atoms with Crippen LogP contribution >= 0.6 is 23.6 Å². The van der Waals surface area contributed by atoms with E-state index in [-0.39, 0.29) is 5.79 Å². The van der Waals surface area contributed by atoms with E-state index in [1.165, 1.54) is 16.9 Å². The quantitative estimate of drug-likeness (QED) is 0.822. The second kappa shape index (κ2) is 7.13. The van der Waals surface area contributed by atoms with Crippen LogP contribution in [0.4, 0.5) is 10.8 Å². The van der Waals surface area contributed by atoms with Gasteiger partial charge in [-0.3, -0.25) is 4.90 Å². The van der Waals surface area contributed by atoms with Gasteiger partial charge >= 0.3 is 0 Å². The molecule has 2 fully saturated rings. The largest absolute Gasteiger partial charge is 0.347 e. The van der Waals surface area contributed by atoms with E-state index in [1.54, 1.807) is 0 Å². The van der Waals surface area contributed by atoms with Crippen LogP contribution in [0.15, 0.2) is 24.3 Å². The molecule has 0 radical (unpaired) electrons. The molecule has 0 bridgehead atoms.